The van der Waals surface area contributed by atoms with E-state index in [1.165, 1.54) is 61.6 Å². The Balaban J connectivity index is 1.15. The molecule has 0 saturated heterocycles. The molecule has 0 fully saturated rings. The molecule has 2 atom stereocenters. The fourth-order valence-corrected chi connectivity index (χ4v) is 8.91. The van der Waals surface area contributed by atoms with Crippen LogP contribution in [0.1, 0.15) is 23.0 Å². The van der Waals surface area contributed by atoms with E-state index < -0.39 is 0 Å². The monoisotopic (exact) mass is 663 g/mol. The molecule has 0 N–H and O–H groups in total. The van der Waals surface area contributed by atoms with Crippen LogP contribution in [-0.2, 0) is 0 Å². The average Bonchev–Trinajstić information content (AvgIpc) is 3.79. The molecule has 0 amide bonds. The first-order valence-electron chi connectivity index (χ1n) is 18.1. The Kier molecular flexibility index (Phi) is 6.38. The lowest BCUT2D eigenvalue weighted by Crippen LogP contribution is -2.20. The van der Waals surface area contributed by atoms with Gasteiger partial charge in [0.25, 0.3) is 0 Å². The zero-order chi connectivity index (χ0) is 34.2. The summed E-state index contributed by atoms with van der Waals surface area (Å²) in [6, 6.07) is 61.4. The maximum atomic E-state index is 5.22. The van der Waals surface area contributed by atoms with Crippen LogP contribution in [0, 0.1) is 0 Å². The van der Waals surface area contributed by atoms with Gasteiger partial charge < -0.3 is 4.90 Å². The standard InChI is InChI=1S/C49H33N3/c1-3-14-32(15-4-1)33-16-12-21-37(31-33)51-45-27-13-24-41-39-22-7-8-23-40(39)42-29-28-38(48(51)47(42)46(41)45)34-17-11-18-35(30-34)49-50-43-25-9-10-26-44(43)52(49)36-19-5-2-6-20-36/h1-31,41,46H. The highest BCUT2D eigenvalue weighted by Crippen LogP contribution is 2.63. The summed E-state index contributed by atoms with van der Waals surface area (Å²) in [5.74, 6) is 1.44. The van der Waals surface area contributed by atoms with E-state index in [2.05, 4.69) is 198 Å². The first-order chi connectivity index (χ1) is 25.8. The molecule has 0 radical (unpaired) electrons. The van der Waals surface area contributed by atoms with Gasteiger partial charge >= 0.3 is 0 Å². The van der Waals surface area contributed by atoms with E-state index in [4.69, 9.17) is 4.98 Å². The van der Waals surface area contributed by atoms with Crippen LogP contribution in [-0.4, -0.2) is 9.55 Å². The lowest BCUT2D eigenvalue weighted by molar-refractivity contribution is 0.700. The number of anilines is 2. The predicted molar refractivity (Wildman–Crippen MR) is 214 cm³/mol. The van der Waals surface area contributed by atoms with Crippen molar-refractivity contribution in [3.05, 3.63) is 205 Å². The van der Waals surface area contributed by atoms with Crippen molar-refractivity contribution in [2.45, 2.75) is 11.8 Å². The highest BCUT2D eigenvalue weighted by molar-refractivity contribution is 5.99. The number of aromatic nitrogens is 2. The molecule has 2 aliphatic carbocycles. The molecule has 2 heterocycles. The van der Waals surface area contributed by atoms with Crippen LogP contribution < -0.4 is 4.90 Å². The second-order valence-electron chi connectivity index (χ2n) is 13.9. The van der Waals surface area contributed by atoms with E-state index in [0.29, 0.717) is 0 Å². The molecule has 7 aromatic carbocycles. The number of benzene rings is 7. The second-order valence-corrected chi connectivity index (χ2v) is 13.9. The third-order valence-electron chi connectivity index (χ3n) is 11.1. The highest BCUT2D eigenvalue weighted by Gasteiger charge is 2.46. The molecular weight excluding hydrogens is 631 g/mol. The summed E-state index contributed by atoms with van der Waals surface area (Å²) in [6.07, 6.45) is 7.02. The molecule has 2 unspecified atom stereocenters. The fraction of sp³-hybridized carbons (Fsp3) is 0.0408. The molecule has 0 spiro atoms. The Labute approximate surface area is 303 Å². The maximum absolute atomic E-state index is 5.22. The van der Waals surface area contributed by atoms with Crippen molar-refractivity contribution in [3.8, 4) is 50.5 Å². The highest BCUT2D eigenvalue weighted by atomic mass is 15.2. The van der Waals surface area contributed by atoms with Gasteiger partial charge in [0.2, 0.25) is 0 Å². The molecular formula is C49H33N3. The Bertz CT molecular complexity index is 2750. The third-order valence-corrected chi connectivity index (χ3v) is 11.1. The van der Waals surface area contributed by atoms with Crippen molar-refractivity contribution >= 4 is 22.4 Å². The van der Waals surface area contributed by atoms with E-state index in [0.717, 1.165) is 28.1 Å². The topological polar surface area (TPSA) is 21.1 Å². The number of hydrogen-bond acceptors (Lipinski definition) is 2. The molecule has 52 heavy (non-hydrogen) atoms. The number of nitrogens with zero attached hydrogens (tertiary/aromatic N) is 3. The van der Waals surface area contributed by atoms with E-state index in [1.807, 2.05) is 0 Å². The third kappa shape index (κ3) is 4.29. The van der Waals surface area contributed by atoms with Crippen LogP contribution in [0.25, 0.3) is 61.5 Å². The van der Waals surface area contributed by atoms with E-state index in [9.17, 15) is 0 Å². The number of allylic oxidation sites excluding steroid dienone is 4. The zero-order valence-electron chi connectivity index (χ0n) is 28.4. The molecule has 8 aromatic rings. The second kappa shape index (κ2) is 11.4. The van der Waals surface area contributed by atoms with Gasteiger partial charge in [-0.15, -0.1) is 0 Å². The Morgan fingerprint density at radius 3 is 2.10 bits per heavy atom. The normalized spacial score (nSPS) is 16.5. The van der Waals surface area contributed by atoms with E-state index in [1.54, 1.807) is 0 Å². The summed E-state index contributed by atoms with van der Waals surface area (Å²) >= 11 is 0. The largest absolute Gasteiger partial charge is 0.313 e. The van der Waals surface area contributed by atoms with Gasteiger partial charge in [0.15, 0.2) is 0 Å². The number of para-hydroxylation sites is 3. The molecule has 244 valence electrons. The maximum Gasteiger partial charge on any atom is 0.145 e. The Hall–Kier alpha value is -6.71. The Morgan fingerprint density at radius 1 is 0.500 bits per heavy atom. The first-order valence-corrected chi connectivity index (χ1v) is 18.1. The van der Waals surface area contributed by atoms with Gasteiger partial charge in [0, 0.05) is 40.0 Å². The van der Waals surface area contributed by atoms with Crippen LogP contribution in [0.2, 0.25) is 0 Å². The van der Waals surface area contributed by atoms with Gasteiger partial charge in [0.1, 0.15) is 5.82 Å². The minimum absolute atomic E-state index is 0.232. The van der Waals surface area contributed by atoms with Crippen molar-refractivity contribution < 1.29 is 0 Å². The summed E-state index contributed by atoms with van der Waals surface area (Å²) in [6.45, 7) is 0. The SMILES string of the molecule is C1=CC2c3ccccc3-c3ccc(-c4cccc(-c5nc6ccccc6n5-c5ccccc5)c4)c4c3C2C(=C1)N4c1cccc(-c2ccccc2)c1. The van der Waals surface area contributed by atoms with Crippen LogP contribution in [0.15, 0.2) is 194 Å². The average molecular weight is 664 g/mol. The first kappa shape index (κ1) is 29.1. The van der Waals surface area contributed by atoms with Crippen molar-refractivity contribution in [1.29, 1.82) is 0 Å². The van der Waals surface area contributed by atoms with Gasteiger partial charge in [-0.3, -0.25) is 4.57 Å². The predicted octanol–water partition coefficient (Wildman–Crippen LogP) is 12.5. The Morgan fingerprint density at radius 2 is 1.19 bits per heavy atom. The molecule has 3 nitrogen and oxygen atoms in total. The summed E-state index contributed by atoms with van der Waals surface area (Å²) < 4.78 is 2.29. The van der Waals surface area contributed by atoms with Crippen molar-refractivity contribution in [2.24, 2.45) is 0 Å². The zero-order valence-corrected chi connectivity index (χ0v) is 28.4. The van der Waals surface area contributed by atoms with E-state index >= 15 is 0 Å². The number of imidazole rings is 1. The fourth-order valence-electron chi connectivity index (χ4n) is 8.91. The number of rotatable bonds is 5. The molecule has 3 heteroatoms. The minimum Gasteiger partial charge on any atom is -0.313 e. The van der Waals surface area contributed by atoms with E-state index in [-0.39, 0.29) is 11.8 Å². The summed E-state index contributed by atoms with van der Waals surface area (Å²) in [7, 11) is 0. The van der Waals surface area contributed by atoms with Gasteiger partial charge in [-0.05, 0) is 87.5 Å². The lowest BCUT2D eigenvalue weighted by atomic mass is 9.69. The van der Waals surface area contributed by atoms with Gasteiger partial charge in [-0.25, -0.2) is 4.98 Å². The molecule has 11 rings (SSSR count). The van der Waals surface area contributed by atoms with Crippen molar-refractivity contribution in [3.63, 3.8) is 0 Å². The van der Waals surface area contributed by atoms with Crippen LogP contribution >= 0.6 is 0 Å². The summed E-state index contributed by atoms with van der Waals surface area (Å²) in [5, 5.41) is 0. The molecule has 1 aromatic heterocycles. The molecule has 0 bridgehead atoms. The number of hydrogen-bond donors (Lipinski definition) is 0. The van der Waals surface area contributed by atoms with Crippen molar-refractivity contribution in [2.75, 3.05) is 4.90 Å². The summed E-state index contributed by atoms with van der Waals surface area (Å²) in [4.78, 5) is 7.77. The molecule has 1 aliphatic heterocycles. The van der Waals surface area contributed by atoms with Crippen LogP contribution in [0.4, 0.5) is 11.4 Å². The van der Waals surface area contributed by atoms with Crippen LogP contribution in [0.3, 0.4) is 0 Å². The summed E-state index contributed by atoms with van der Waals surface area (Å²) in [5.41, 5.74) is 18.4. The minimum atomic E-state index is 0.232. The number of fused-ring (bicyclic) bond motifs is 4. The lowest BCUT2D eigenvalue weighted by Gasteiger charge is -2.33. The smallest absolute Gasteiger partial charge is 0.145 e. The molecule has 0 saturated carbocycles. The molecule has 3 aliphatic rings. The van der Waals surface area contributed by atoms with Crippen LogP contribution in [0.5, 0.6) is 0 Å². The van der Waals surface area contributed by atoms with Gasteiger partial charge in [-0.2, -0.15) is 0 Å². The van der Waals surface area contributed by atoms with Crippen molar-refractivity contribution in [1.82, 2.24) is 9.55 Å². The quantitative estimate of drug-likeness (QED) is 0.183. The van der Waals surface area contributed by atoms with Gasteiger partial charge in [0.05, 0.1) is 16.7 Å². The van der Waals surface area contributed by atoms with Gasteiger partial charge in [-0.1, -0.05) is 140 Å².